The van der Waals surface area contributed by atoms with E-state index < -0.39 is 5.67 Å². The lowest BCUT2D eigenvalue weighted by atomic mass is 10.1. The fourth-order valence-corrected chi connectivity index (χ4v) is 6.62. The summed E-state index contributed by atoms with van der Waals surface area (Å²) in [6.07, 6.45) is 3.06. The van der Waals surface area contributed by atoms with Gasteiger partial charge in [0, 0.05) is 61.1 Å². The summed E-state index contributed by atoms with van der Waals surface area (Å²) >= 11 is 1.22. The molecule has 7 rings (SSSR count). The molecule has 2 aliphatic heterocycles. The molecule has 12 heteroatoms. The largest absolute Gasteiger partial charge is 0.457 e. The van der Waals surface area contributed by atoms with Gasteiger partial charge in [0.2, 0.25) is 11.8 Å². The number of aromatic nitrogens is 4. The maximum Gasteiger partial charge on any atom is 0.258 e. The molecule has 3 fully saturated rings. The molecule has 0 radical (unpaired) electrons. The molecule has 44 heavy (non-hydrogen) atoms. The molecule has 2 aromatic carbocycles. The highest BCUT2D eigenvalue weighted by atomic mass is 32.1. The van der Waals surface area contributed by atoms with Gasteiger partial charge < -0.3 is 19.1 Å². The molecule has 2 saturated heterocycles. The minimum atomic E-state index is -1.56. The average Bonchev–Trinajstić information content (AvgIpc) is 3.34. The molecule has 2 unspecified atom stereocenters. The first-order chi connectivity index (χ1) is 21.1. The van der Waals surface area contributed by atoms with E-state index >= 15 is 0 Å². The van der Waals surface area contributed by atoms with Crippen LogP contribution in [0, 0.1) is 5.92 Å². The van der Waals surface area contributed by atoms with Gasteiger partial charge in [-0.1, -0.05) is 29.5 Å². The summed E-state index contributed by atoms with van der Waals surface area (Å²) < 4.78 is 26.4. The summed E-state index contributed by atoms with van der Waals surface area (Å²) in [4.78, 5) is 33.5. The number of halogens is 1. The zero-order valence-electron chi connectivity index (χ0n) is 24.8. The van der Waals surface area contributed by atoms with Crippen molar-refractivity contribution in [3.8, 4) is 33.5 Å². The van der Waals surface area contributed by atoms with Crippen LogP contribution in [0.3, 0.4) is 0 Å². The van der Waals surface area contributed by atoms with E-state index in [1.54, 1.807) is 0 Å². The Labute approximate surface area is 258 Å². The number of carbonyl (C=O) groups is 2. The van der Waals surface area contributed by atoms with Crippen LogP contribution in [0.25, 0.3) is 22.0 Å². The number of benzene rings is 2. The molecule has 0 N–H and O–H groups in total. The van der Waals surface area contributed by atoms with Crippen molar-refractivity contribution in [2.45, 2.75) is 70.6 Å². The van der Waals surface area contributed by atoms with Crippen LogP contribution in [0.15, 0.2) is 47.0 Å². The molecule has 1 saturated carbocycles. The Morgan fingerprint density at radius 3 is 2.48 bits per heavy atom. The zero-order chi connectivity index (χ0) is 30.6. The molecule has 3 aliphatic rings. The van der Waals surface area contributed by atoms with Gasteiger partial charge in [-0.15, -0.1) is 10.2 Å². The Morgan fingerprint density at radius 2 is 1.80 bits per heavy atom. The second-order valence-electron chi connectivity index (χ2n) is 12.6. The quantitative estimate of drug-likeness (QED) is 0.222. The number of rotatable bonds is 9. The van der Waals surface area contributed by atoms with E-state index in [0.29, 0.717) is 83.2 Å². The Bertz CT molecular complexity index is 1710. The Kier molecular flexibility index (Phi) is 7.19. The van der Waals surface area contributed by atoms with E-state index in [2.05, 4.69) is 27.3 Å². The van der Waals surface area contributed by atoms with Gasteiger partial charge in [0.1, 0.15) is 16.5 Å². The van der Waals surface area contributed by atoms with Crippen molar-refractivity contribution in [2.24, 2.45) is 5.92 Å². The van der Waals surface area contributed by atoms with Crippen molar-refractivity contribution in [3.63, 3.8) is 0 Å². The summed E-state index contributed by atoms with van der Waals surface area (Å²) in [7, 11) is 0. The fourth-order valence-electron chi connectivity index (χ4n) is 5.78. The molecule has 2 atom stereocenters. The van der Waals surface area contributed by atoms with Gasteiger partial charge in [-0.3, -0.25) is 9.59 Å². The van der Waals surface area contributed by atoms with Gasteiger partial charge in [0.25, 0.3) is 5.89 Å². The Balaban J connectivity index is 1.14. The SMILES string of the molecule is CC1CC(=O)N(Cc2ccc(-c3nc(C4CC(=O)N(C5CC5)C4)no3)cc2Oc2ccc(-c3nnc(C(C)(C)F)s3)cc2)C1. The maximum absolute atomic E-state index is 14.3. The third-order valence-corrected chi connectivity index (χ3v) is 9.57. The third kappa shape index (κ3) is 5.82. The van der Waals surface area contributed by atoms with E-state index in [9.17, 15) is 14.0 Å². The predicted octanol–water partition coefficient (Wildman–Crippen LogP) is 6.10. The van der Waals surface area contributed by atoms with Crippen LogP contribution in [-0.2, 0) is 21.8 Å². The van der Waals surface area contributed by atoms with Crippen molar-refractivity contribution >= 4 is 23.2 Å². The normalized spacial score (nSPS) is 20.6. The molecule has 228 valence electrons. The highest BCUT2D eigenvalue weighted by Crippen LogP contribution is 2.38. The minimum Gasteiger partial charge on any atom is -0.457 e. The van der Waals surface area contributed by atoms with Gasteiger partial charge in [-0.2, -0.15) is 4.98 Å². The maximum atomic E-state index is 14.3. The molecule has 2 aromatic heterocycles. The standard InChI is InChI=1S/C32H33FN6O4S/c1-18-12-26(40)38(15-18)16-21-5-4-20(29-34-28(37-43-29)22-14-27(41)39(17-22)23-8-9-23)13-25(21)42-24-10-6-19(7-11-24)30-35-36-31(44-30)32(2,3)33/h4-7,10-11,13,18,22-23H,8-9,12,14-17H2,1-3H3. The second kappa shape index (κ2) is 11.1. The topological polar surface area (TPSA) is 115 Å². The van der Waals surface area contributed by atoms with Gasteiger partial charge in [-0.25, -0.2) is 4.39 Å². The highest BCUT2D eigenvalue weighted by Gasteiger charge is 2.41. The molecule has 0 spiro atoms. The van der Waals surface area contributed by atoms with Gasteiger partial charge in [0.15, 0.2) is 16.5 Å². The van der Waals surface area contributed by atoms with Gasteiger partial charge >= 0.3 is 0 Å². The number of hydrogen-bond acceptors (Lipinski definition) is 9. The molecule has 10 nitrogen and oxygen atoms in total. The van der Waals surface area contributed by atoms with Crippen LogP contribution in [0.2, 0.25) is 0 Å². The first kappa shape index (κ1) is 28.6. The third-order valence-electron chi connectivity index (χ3n) is 8.30. The number of alkyl halides is 1. The molecule has 4 aromatic rings. The van der Waals surface area contributed by atoms with Crippen LogP contribution in [0.5, 0.6) is 11.5 Å². The van der Waals surface area contributed by atoms with Crippen LogP contribution in [0.1, 0.15) is 68.8 Å². The lowest BCUT2D eigenvalue weighted by Crippen LogP contribution is -2.27. The molecular formula is C32H33FN6O4S. The van der Waals surface area contributed by atoms with E-state index in [0.717, 1.165) is 24.0 Å². The first-order valence-corrected chi connectivity index (χ1v) is 15.8. The Hall–Kier alpha value is -4.19. The highest BCUT2D eigenvalue weighted by molar-refractivity contribution is 7.14. The van der Waals surface area contributed by atoms with E-state index in [1.165, 1.54) is 25.2 Å². The summed E-state index contributed by atoms with van der Waals surface area (Å²) in [5.74, 6) is 2.52. The Morgan fingerprint density at radius 1 is 1.02 bits per heavy atom. The number of carbonyl (C=O) groups excluding carboxylic acids is 2. The van der Waals surface area contributed by atoms with Crippen molar-refractivity contribution in [1.29, 1.82) is 0 Å². The number of hydrogen-bond donors (Lipinski definition) is 0. The molecule has 1 aliphatic carbocycles. The number of amides is 2. The fraction of sp³-hybridized carbons (Fsp3) is 0.438. The summed E-state index contributed by atoms with van der Waals surface area (Å²) in [5.41, 5.74) is 0.777. The minimum absolute atomic E-state index is 0.0858. The van der Waals surface area contributed by atoms with Crippen LogP contribution < -0.4 is 4.74 Å². The zero-order valence-corrected chi connectivity index (χ0v) is 25.6. The van der Waals surface area contributed by atoms with Crippen LogP contribution in [-0.4, -0.2) is 61.1 Å². The number of ether oxygens (including phenoxy) is 1. The van der Waals surface area contributed by atoms with E-state index in [4.69, 9.17) is 9.26 Å². The lowest BCUT2D eigenvalue weighted by molar-refractivity contribution is -0.129. The van der Waals surface area contributed by atoms with E-state index in [1.807, 2.05) is 52.3 Å². The first-order valence-electron chi connectivity index (χ1n) is 15.0. The smallest absolute Gasteiger partial charge is 0.258 e. The van der Waals surface area contributed by atoms with Crippen molar-refractivity contribution in [1.82, 2.24) is 30.1 Å². The van der Waals surface area contributed by atoms with Crippen molar-refractivity contribution < 1.29 is 23.2 Å². The summed E-state index contributed by atoms with van der Waals surface area (Å²) in [5, 5.41) is 13.3. The van der Waals surface area contributed by atoms with Crippen molar-refractivity contribution in [3.05, 3.63) is 58.9 Å². The summed E-state index contributed by atoms with van der Waals surface area (Å²) in [6, 6.07) is 13.4. The number of nitrogens with zero attached hydrogens (tertiary/aromatic N) is 6. The predicted molar refractivity (Wildman–Crippen MR) is 161 cm³/mol. The molecule has 2 amide bonds. The van der Waals surface area contributed by atoms with Gasteiger partial charge in [-0.05, 0) is 69.0 Å². The van der Waals surface area contributed by atoms with E-state index in [-0.39, 0.29) is 17.7 Å². The van der Waals surface area contributed by atoms with Crippen LogP contribution >= 0.6 is 11.3 Å². The molecule has 4 heterocycles. The second-order valence-corrected chi connectivity index (χ2v) is 13.5. The molecule has 0 bridgehead atoms. The molecular weight excluding hydrogens is 583 g/mol. The lowest BCUT2D eigenvalue weighted by Gasteiger charge is -2.19. The van der Waals surface area contributed by atoms with Crippen LogP contribution in [0.4, 0.5) is 4.39 Å². The monoisotopic (exact) mass is 616 g/mol. The number of likely N-dealkylation sites (tertiary alicyclic amines) is 2. The van der Waals surface area contributed by atoms with Gasteiger partial charge in [0.05, 0.1) is 0 Å². The average molecular weight is 617 g/mol. The van der Waals surface area contributed by atoms with Crippen molar-refractivity contribution in [2.75, 3.05) is 13.1 Å². The summed E-state index contributed by atoms with van der Waals surface area (Å²) in [6.45, 7) is 6.73.